The van der Waals surface area contributed by atoms with Crippen LogP contribution in [-0.2, 0) is 9.47 Å². The van der Waals surface area contributed by atoms with Crippen molar-refractivity contribution in [1.29, 1.82) is 0 Å². The fourth-order valence-corrected chi connectivity index (χ4v) is 1.74. The van der Waals surface area contributed by atoms with Crippen molar-refractivity contribution in [1.82, 2.24) is 5.32 Å². The Balaban J connectivity index is 2.62. The zero-order valence-electron chi connectivity index (χ0n) is 9.31. The SMILES string of the molecule is CCOC(=S)N[C@@H]1O[C@H](CO)[C@@H](O)[C@H](O)[C@H]1O. The summed E-state index contributed by atoms with van der Waals surface area (Å²) in [6, 6.07) is 0. The Hall–Kier alpha value is -0.510. The van der Waals surface area contributed by atoms with Gasteiger partial charge in [-0.05, 0) is 19.1 Å². The second-order valence-electron chi connectivity index (χ2n) is 3.61. The first kappa shape index (κ1) is 14.6. The molecule has 5 N–H and O–H groups in total. The van der Waals surface area contributed by atoms with Crippen LogP contribution in [0.5, 0.6) is 0 Å². The number of nitrogens with one attached hydrogen (secondary N) is 1. The van der Waals surface area contributed by atoms with Crippen LogP contribution >= 0.6 is 12.2 Å². The molecule has 0 radical (unpaired) electrons. The Labute approximate surface area is 104 Å². The minimum Gasteiger partial charge on any atom is -0.471 e. The smallest absolute Gasteiger partial charge is 0.258 e. The van der Waals surface area contributed by atoms with Crippen molar-refractivity contribution in [3.63, 3.8) is 0 Å². The molecule has 1 aliphatic heterocycles. The van der Waals surface area contributed by atoms with Crippen molar-refractivity contribution >= 4 is 17.4 Å². The van der Waals surface area contributed by atoms with Gasteiger partial charge >= 0.3 is 0 Å². The van der Waals surface area contributed by atoms with Crippen LogP contribution in [0.15, 0.2) is 0 Å². The highest BCUT2D eigenvalue weighted by atomic mass is 32.1. The molecule has 0 aromatic carbocycles. The van der Waals surface area contributed by atoms with Gasteiger partial charge in [0, 0.05) is 0 Å². The molecule has 0 bridgehead atoms. The van der Waals surface area contributed by atoms with Gasteiger partial charge in [0.25, 0.3) is 5.17 Å². The summed E-state index contributed by atoms with van der Waals surface area (Å²) < 4.78 is 10.1. The minimum absolute atomic E-state index is 0.0110. The molecule has 1 rings (SSSR count). The second kappa shape index (κ2) is 6.43. The van der Waals surface area contributed by atoms with Crippen molar-refractivity contribution in [2.45, 2.75) is 37.6 Å². The van der Waals surface area contributed by atoms with Crippen LogP contribution in [-0.4, -0.2) is 69.5 Å². The molecule has 0 aromatic rings. The van der Waals surface area contributed by atoms with E-state index in [9.17, 15) is 15.3 Å². The summed E-state index contributed by atoms with van der Waals surface area (Å²) in [6.45, 7) is 1.61. The minimum atomic E-state index is -1.43. The van der Waals surface area contributed by atoms with Gasteiger partial charge in [0.05, 0.1) is 13.2 Å². The van der Waals surface area contributed by atoms with Crippen LogP contribution in [0.3, 0.4) is 0 Å². The van der Waals surface area contributed by atoms with Crippen LogP contribution in [0.2, 0.25) is 0 Å². The van der Waals surface area contributed by atoms with E-state index in [-0.39, 0.29) is 5.17 Å². The Morgan fingerprint density at radius 2 is 1.94 bits per heavy atom. The third-order valence-corrected chi connectivity index (χ3v) is 2.66. The van der Waals surface area contributed by atoms with Gasteiger partial charge in [0.1, 0.15) is 24.4 Å². The van der Waals surface area contributed by atoms with E-state index in [1.54, 1.807) is 6.92 Å². The fraction of sp³-hybridized carbons (Fsp3) is 0.889. The quantitative estimate of drug-likeness (QED) is 0.363. The molecule has 1 saturated heterocycles. The van der Waals surface area contributed by atoms with Gasteiger partial charge in [-0.2, -0.15) is 0 Å². The molecule has 0 spiro atoms. The van der Waals surface area contributed by atoms with Gasteiger partial charge in [-0.1, -0.05) is 0 Å². The first-order valence-electron chi connectivity index (χ1n) is 5.25. The summed E-state index contributed by atoms with van der Waals surface area (Å²) in [4.78, 5) is 0. The van der Waals surface area contributed by atoms with Crippen molar-refractivity contribution in [3.8, 4) is 0 Å². The third kappa shape index (κ3) is 3.47. The maximum absolute atomic E-state index is 9.64. The summed E-state index contributed by atoms with van der Waals surface area (Å²) >= 11 is 4.80. The van der Waals surface area contributed by atoms with Gasteiger partial charge in [0.2, 0.25) is 0 Å². The normalized spacial score (nSPS) is 37.6. The van der Waals surface area contributed by atoms with Gasteiger partial charge < -0.3 is 35.2 Å². The van der Waals surface area contributed by atoms with Crippen molar-refractivity contribution < 1.29 is 29.9 Å². The van der Waals surface area contributed by atoms with Crippen molar-refractivity contribution in [2.75, 3.05) is 13.2 Å². The summed E-state index contributed by atoms with van der Waals surface area (Å²) in [5.74, 6) is 0. The van der Waals surface area contributed by atoms with E-state index in [0.717, 1.165) is 0 Å². The molecule has 17 heavy (non-hydrogen) atoms. The lowest BCUT2D eigenvalue weighted by molar-refractivity contribution is -0.233. The summed E-state index contributed by atoms with van der Waals surface area (Å²) in [6.07, 6.45) is -6.18. The number of aliphatic hydroxyl groups excluding tert-OH is 4. The van der Waals surface area contributed by atoms with Crippen LogP contribution < -0.4 is 5.32 Å². The predicted octanol–water partition coefficient (Wildman–Crippen LogP) is -2.30. The Morgan fingerprint density at radius 1 is 1.29 bits per heavy atom. The van der Waals surface area contributed by atoms with Crippen LogP contribution in [0, 0.1) is 0 Å². The van der Waals surface area contributed by atoms with E-state index in [0.29, 0.717) is 6.61 Å². The van der Waals surface area contributed by atoms with E-state index in [4.69, 9.17) is 26.8 Å². The first-order chi connectivity index (χ1) is 8.01. The monoisotopic (exact) mass is 267 g/mol. The molecular weight excluding hydrogens is 250 g/mol. The van der Waals surface area contributed by atoms with Gasteiger partial charge in [-0.15, -0.1) is 0 Å². The van der Waals surface area contributed by atoms with Crippen LogP contribution in [0.1, 0.15) is 6.92 Å². The van der Waals surface area contributed by atoms with Crippen molar-refractivity contribution in [2.24, 2.45) is 0 Å². The third-order valence-electron chi connectivity index (χ3n) is 2.43. The van der Waals surface area contributed by atoms with Crippen LogP contribution in [0.25, 0.3) is 0 Å². The van der Waals surface area contributed by atoms with Crippen molar-refractivity contribution in [3.05, 3.63) is 0 Å². The molecule has 1 fully saturated rings. The molecule has 1 aliphatic rings. The molecule has 7 nitrogen and oxygen atoms in total. The predicted molar refractivity (Wildman–Crippen MR) is 61.1 cm³/mol. The molecule has 0 saturated carbocycles. The average Bonchev–Trinajstić information content (AvgIpc) is 2.30. The van der Waals surface area contributed by atoms with Gasteiger partial charge in [-0.25, -0.2) is 0 Å². The highest BCUT2D eigenvalue weighted by Gasteiger charge is 2.43. The van der Waals surface area contributed by atoms with Crippen LogP contribution in [0.4, 0.5) is 0 Å². The zero-order valence-corrected chi connectivity index (χ0v) is 10.1. The lowest BCUT2D eigenvalue weighted by atomic mass is 9.98. The second-order valence-corrected chi connectivity index (χ2v) is 3.99. The van der Waals surface area contributed by atoms with E-state index in [1.165, 1.54) is 0 Å². The van der Waals surface area contributed by atoms with E-state index < -0.39 is 37.3 Å². The Kier molecular flexibility index (Phi) is 5.50. The molecule has 0 unspecified atom stereocenters. The number of rotatable bonds is 3. The largest absolute Gasteiger partial charge is 0.471 e. The van der Waals surface area contributed by atoms with Gasteiger partial charge in [0.15, 0.2) is 6.23 Å². The zero-order chi connectivity index (χ0) is 13.0. The summed E-state index contributed by atoms with van der Waals surface area (Å²) in [7, 11) is 0. The number of thiocarbonyl (C=S) groups is 1. The highest BCUT2D eigenvalue weighted by Crippen LogP contribution is 2.19. The first-order valence-corrected chi connectivity index (χ1v) is 5.65. The maximum Gasteiger partial charge on any atom is 0.258 e. The number of hydrogen-bond donors (Lipinski definition) is 5. The lowest BCUT2D eigenvalue weighted by Crippen LogP contribution is -2.63. The lowest BCUT2D eigenvalue weighted by Gasteiger charge is -2.40. The Morgan fingerprint density at radius 3 is 2.47 bits per heavy atom. The standard InChI is InChI=1S/C9H17NO6S/c1-2-15-9(17)10-8-7(14)6(13)5(12)4(3-11)16-8/h4-8,11-14H,2-3H2,1H3,(H,10,17)/t4-,5-,6+,7-,8-/m1/s1. The topological polar surface area (TPSA) is 111 Å². The Bertz CT molecular complexity index is 264. The number of hydrogen-bond acceptors (Lipinski definition) is 7. The highest BCUT2D eigenvalue weighted by molar-refractivity contribution is 7.80. The summed E-state index contributed by atoms with van der Waals surface area (Å²) in [5, 5.41) is 40.2. The van der Waals surface area contributed by atoms with E-state index >= 15 is 0 Å². The van der Waals surface area contributed by atoms with Gasteiger partial charge in [-0.3, -0.25) is 0 Å². The van der Waals surface area contributed by atoms with E-state index in [1.807, 2.05) is 0 Å². The molecule has 0 amide bonds. The molecule has 5 atom stereocenters. The molecule has 0 aromatic heterocycles. The summed E-state index contributed by atoms with van der Waals surface area (Å²) in [5.41, 5.74) is 0. The molecular formula is C9H17NO6S. The molecule has 100 valence electrons. The number of ether oxygens (including phenoxy) is 2. The van der Waals surface area contributed by atoms with E-state index in [2.05, 4.69) is 5.32 Å². The molecule has 8 heteroatoms. The number of aliphatic hydroxyl groups is 4. The maximum atomic E-state index is 9.64. The average molecular weight is 267 g/mol. The molecule has 1 heterocycles. The molecule has 0 aliphatic carbocycles. The fourth-order valence-electron chi connectivity index (χ4n) is 1.51.